The first-order valence-electron chi connectivity index (χ1n) is 5.75. The Kier molecular flexibility index (Phi) is 4.57. The predicted molar refractivity (Wildman–Crippen MR) is 79.7 cm³/mol. The fourth-order valence-electron chi connectivity index (χ4n) is 1.55. The Balaban J connectivity index is 2.01. The summed E-state index contributed by atoms with van der Waals surface area (Å²) in [6, 6.07) is 10.5. The lowest BCUT2D eigenvalue weighted by Crippen LogP contribution is -2.19. The molecule has 6 heteroatoms. The van der Waals surface area contributed by atoms with Gasteiger partial charge in [0.2, 0.25) is 0 Å². The highest BCUT2D eigenvalue weighted by molar-refractivity contribution is 9.10. The molecule has 0 aliphatic carbocycles. The zero-order valence-corrected chi connectivity index (χ0v) is 12.2. The number of hydrogen-bond acceptors (Lipinski definition) is 2. The summed E-state index contributed by atoms with van der Waals surface area (Å²) >= 11 is 3.18. The van der Waals surface area contributed by atoms with E-state index in [-0.39, 0.29) is 5.82 Å². The largest absolute Gasteiger partial charge is 0.497 e. The maximum atomic E-state index is 12.9. The van der Waals surface area contributed by atoms with Crippen LogP contribution in [0.4, 0.5) is 20.6 Å². The van der Waals surface area contributed by atoms with E-state index >= 15 is 0 Å². The van der Waals surface area contributed by atoms with Crippen LogP contribution < -0.4 is 15.4 Å². The van der Waals surface area contributed by atoms with E-state index in [4.69, 9.17) is 4.74 Å². The summed E-state index contributed by atoms with van der Waals surface area (Å²) in [5.41, 5.74) is 1.11. The number of amides is 2. The molecule has 0 fully saturated rings. The average Bonchev–Trinajstić information content (AvgIpc) is 2.43. The van der Waals surface area contributed by atoms with Crippen molar-refractivity contribution < 1.29 is 13.9 Å². The fraction of sp³-hybridized carbons (Fsp3) is 0.0714. The van der Waals surface area contributed by atoms with Crippen LogP contribution in [0.2, 0.25) is 0 Å². The number of anilines is 2. The van der Waals surface area contributed by atoms with E-state index in [9.17, 15) is 9.18 Å². The number of nitrogens with one attached hydrogen (secondary N) is 2. The highest BCUT2D eigenvalue weighted by atomic mass is 79.9. The molecule has 2 aromatic rings. The number of hydrogen-bond donors (Lipinski definition) is 2. The summed E-state index contributed by atoms with van der Waals surface area (Å²) < 4.78 is 18.4. The topological polar surface area (TPSA) is 50.4 Å². The van der Waals surface area contributed by atoms with Gasteiger partial charge in [0.05, 0.1) is 12.8 Å². The molecule has 0 bridgehead atoms. The van der Waals surface area contributed by atoms with Crippen LogP contribution in [0.1, 0.15) is 0 Å². The lowest BCUT2D eigenvalue weighted by molar-refractivity contribution is 0.262. The van der Waals surface area contributed by atoms with Crippen molar-refractivity contribution in [3.63, 3.8) is 0 Å². The standard InChI is InChI=1S/C14H12BrFN2O2/c1-20-11-5-3-10(4-6-11)17-14(19)18-13-7-2-9(16)8-12(13)15/h2-8H,1H3,(H2,17,18,19). The molecule has 0 saturated carbocycles. The number of carbonyl (C=O) groups excluding carboxylic acids is 1. The maximum absolute atomic E-state index is 12.9. The number of benzene rings is 2. The summed E-state index contributed by atoms with van der Waals surface area (Å²) in [5, 5.41) is 5.28. The van der Waals surface area contributed by atoms with E-state index in [2.05, 4.69) is 26.6 Å². The minimum absolute atomic E-state index is 0.377. The molecule has 0 aromatic heterocycles. The summed E-state index contributed by atoms with van der Waals surface area (Å²) in [4.78, 5) is 11.8. The molecule has 0 saturated heterocycles. The molecule has 4 nitrogen and oxygen atoms in total. The average molecular weight is 339 g/mol. The van der Waals surface area contributed by atoms with E-state index in [1.54, 1.807) is 31.4 Å². The number of ether oxygens (including phenoxy) is 1. The Bertz CT molecular complexity index is 617. The maximum Gasteiger partial charge on any atom is 0.323 e. The molecular weight excluding hydrogens is 327 g/mol. The van der Waals surface area contributed by atoms with Gasteiger partial charge in [0.15, 0.2) is 0 Å². The summed E-state index contributed by atoms with van der Waals surface area (Å²) in [5.74, 6) is 0.329. The summed E-state index contributed by atoms with van der Waals surface area (Å²) in [6.45, 7) is 0. The molecule has 20 heavy (non-hydrogen) atoms. The summed E-state index contributed by atoms with van der Waals surface area (Å²) in [6.07, 6.45) is 0. The van der Waals surface area contributed by atoms with Crippen LogP contribution in [0.3, 0.4) is 0 Å². The Morgan fingerprint density at radius 3 is 2.45 bits per heavy atom. The van der Waals surface area contributed by atoms with Crippen molar-refractivity contribution >= 4 is 33.3 Å². The van der Waals surface area contributed by atoms with Crippen molar-refractivity contribution in [1.29, 1.82) is 0 Å². The highest BCUT2D eigenvalue weighted by Gasteiger charge is 2.06. The van der Waals surface area contributed by atoms with Crippen molar-refractivity contribution in [2.75, 3.05) is 17.7 Å². The van der Waals surface area contributed by atoms with Gasteiger partial charge in [-0.25, -0.2) is 9.18 Å². The zero-order chi connectivity index (χ0) is 14.5. The van der Waals surface area contributed by atoms with Gasteiger partial charge in [-0.05, 0) is 58.4 Å². The first-order valence-corrected chi connectivity index (χ1v) is 6.55. The van der Waals surface area contributed by atoms with Crippen LogP contribution in [0.5, 0.6) is 5.75 Å². The van der Waals surface area contributed by atoms with Gasteiger partial charge in [-0.3, -0.25) is 0 Å². The van der Waals surface area contributed by atoms with Crippen LogP contribution in [0.25, 0.3) is 0 Å². The number of methoxy groups -OCH3 is 1. The second-order valence-corrected chi connectivity index (χ2v) is 4.79. The van der Waals surface area contributed by atoms with Crippen molar-refractivity contribution in [3.8, 4) is 5.75 Å². The molecule has 2 N–H and O–H groups in total. The third kappa shape index (κ3) is 3.71. The second kappa shape index (κ2) is 6.38. The molecule has 0 heterocycles. The van der Waals surface area contributed by atoms with Gasteiger partial charge >= 0.3 is 6.03 Å². The normalized spacial score (nSPS) is 9.95. The van der Waals surface area contributed by atoms with E-state index in [0.717, 1.165) is 0 Å². The molecule has 2 rings (SSSR count). The fourth-order valence-corrected chi connectivity index (χ4v) is 2.00. The lowest BCUT2D eigenvalue weighted by Gasteiger charge is -2.09. The Labute approximate surface area is 124 Å². The monoisotopic (exact) mass is 338 g/mol. The first kappa shape index (κ1) is 14.3. The zero-order valence-electron chi connectivity index (χ0n) is 10.6. The molecule has 2 amide bonds. The Morgan fingerprint density at radius 2 is 1.85 bits per heavy atom. The van der Waals surface area contributed by atoms with Gasteiger partial charge < -0.3 is 15.4 Å². The SMILES string of the molecule is COc1ccc(NC(=O)Nc2ccc(F)cc2Br)cc1. The molecule has 0 aliphatic heterocycles. The quantitative estimate of drug-likeness (QED) is 0.879. The van der Waals surface area contributed by atoms with Crippen LogP contribution in [0.15, 0.2) is 46.9 Å². The third-order valence-corrected chi connectivity index (χ3v) is 3.18. The van der Waals surface area contributed by atoms with E-state index < -0.39 is 6.03 Å². The smallest absolute Gasteiger partial charge is 0.323 e. The van der Waals surface area contributed by atoms with Gasteiger partial charge in [-0.15, -0.1) is 0 Å². The molecule has 0 aliphatic rings. The number of rotatable bonds is 3. The van der Waals surface area contributed by atoms with Crippen molar-refractivity contribution in [1.82, 2.24) is 0 Å². The van der Waals surface area contributed by atoms with Gasteiger partial charge in [-0.2, -0.15) is 0 Å². The first-order chi connectivity index (χ1) is 9.58. The van der Waals surface area contributed by atoms with Gasteiger partial charge in [0.25, 0.3) is 0 Å². The highest BCUT2D eigenvalue weighted by Crippen LogP contribution is 2.23. The molecule has 104 valence electrons. The molecule has 0 spiro atoms. The minimum atomic E-state index is -0.414. The molecule has 0 atom stereocenters. The second-order valence-electron chi connectivity index (χ2n) is 3.93. The Hall–Kier alpha value is -2.08. The number of urea groups is 1. The molecule has 0 unspecified atom stereocenters. The predicted octanol–water partition coefficient (Wildman–Crippen LogP) is 4.24. The van der Waals surface area contributed by atoms with Crippen LogP contribution in [-0.4, -0.2) is 13.1 Å². The van der Waals surface area contributed by atoms with E-state index in [0.29, 0.717) is 21.6 Å². The molecule has 0 radical (unpaired) electrons. The van der Waals surface area contributed by atoms with Gasteiger partial charge in [0.1, 0.15) is 11.6 Å². The minimum Gasteiger partial charge on any atom is -0.497 e. The van der Waals surface area contributed by atoms with Crippen molar-refractivity contribution in [3.05, 3.63) is 52.8 Å². The van der Waals surface area contributed by atoms with E-state index in [1.165, 1.54) is 18.2 Å². The summed E-state index contributed by atoms with van der Waals surface area (Å²) in [7, 11) is 1.57. The van der Waals surface area contributed by atoms with Crippen molar-refractivity contribution in [2.24, 2.45) is 0 Å². The van der Waals surface area contributed by atoms with Gasteiger partial charge in [-0.1, -0.05) is 0 Å². The molecule has 2 aromatic carbocycles. The third-order valence-electron chi connectivity index (χ3n) is 2.53. The van der Waals surface area contributed by atoms with Crippen molar-refractivity contribution in [2.45, 2.75) is 0 Å². The van der Waals surface area contributed by atoms with E-state index in [1.807, 2.05) is 0 Å². The van der Waals surface area contributed by atoms with Crippen LogP contribution >= 0.6 is 15.9 Å². The lowest BCUT2D eigenvalue weighted by atomic mass is 10.3. The number of halogens is 2. The van der Waals surface area contributed by atoms with Crippen LogP contribution in [0, 0.1) is 5.82 Å². The Morgan fingerprint density at radius 1 is 1.15 bits per heavy atom. The van der Waals surface area contributed by atoms with Gasteiger partial charge in [0, 0.05) is 10.2 Å². The molecular formula is C14H12BrFN2O2. The number of carbonyl (C=O) groups is 1. The van der Waals surface area contributed by atoms with Crippen LogP contribution in [-0.2, 0) is 0 Å².